The Hall–Kier alpha value is -1.98. The van der Waals surface area contributed by atoms with Crippen LogP contribution in [0.15, 0.2) is 51.1 Å². The molecule has 37 heavy (non-hydrogen) atoms. The van der Waals surface area contributed by atoms with Gasteiger partial charge in [0.1, 0.15) is 6.10 Å². The van der Waals surface area contributed by atoms with Crippen LogP contribution in [-0.4, -0.2) is 47.7 Å². The lowest BCUT2D eigenvalue weighted by Gasteiger charge is -2.48. The molecule has 1 aliphatic carbocycles. The third kappa shape index (κ3) is 5.06. The summed E-state index contributed by atoms with van der Waals surface area (Å²) in [5.41, 5.74) is 6.92. The first-order valence-corrected chi connectivity index (χ1v) is 14.5. The standard InChI is InChI=1S/C32H45NO4/c1-19-8-6-9-29-32(13-7-15-33-29)14-12-25(28-18-22(4)31(35)37-28)23(5)26(32)17-20(2)27(34)11-10-24-16-21(3)30(19)36-24/h8,17-18,21,24,26-28,30,34H,6-7,9-16H2,1-5H3/b19-8+,20-17+/t21-,24+,26+,27+,28+,30+,32+/m1/s1. The molecule has 5 rings (SSSR count). The summed E-state index contributed by atoms with van der Waals surface area (Å²) in [5, 5.41) is 11.2. The topological polar surface area (TPSA) is 68.1 Å². The fraction of sp³-hybridized carbons (Fsp3) is 0.688. The van der Waals surface area contributed by atoms with Crippen molar-refractivity contribution >= 4 is 11.7 Å². The monoisotopic (exact) mass is 507 g/mol. The van der Waals surface area contributed by atoms with Crippen LogP contribution < -0.4 is 0 Å². The van der Waals surface area contributed by atoms with E-state index in [2.05, 4.69) is 39.8 Å². The minimum atomic E-state index is -0.481. The van der Waals surface area contributed by atoms with Crippen LogP contribution in [0.4, 0.5) is 0 Å². The highest BCUT2D eigenvalue weighted by Gasteiger charge is 2.48. The fourth-order valence-electron chi connectivity index (χ4n) is 7.70. The number of aliphatic imine (C=N–C) groups is 1. The van der Waals surface area contributed by atoms with Gasteiger partial charge in [-0.2, -0.15) is 0 Å². The highest BCUT2D eigenvalue weighted by molar-refractivity contribution is 5.93. The van der Waals surface area contributed by atoms with Gasteiger partial charge in [-0.15, -0.1) is 0 Å². The molecule has 5 heteroatoms. The van der Waals surface area contributed by atoms with Gasteiger partial charge < -0.3 is 14.6 Å². The number of aliphatic hydroxyl groups excluding tert-OH is 1. The van der Waals surface area contributed by atoms with Crippen molar-refractivity contribution in [3.05, 3.63) is 46.1 Å². The van der Waals surface area contributed by atoms with Gasteiger partial charge in [0.05, 0.1) is 18.3 Å². The molecule has 4 aliphatic heterocycles. The predicted octanol–water partition coefficient (Wildman–Crippen LogP) is 6.43. The van der Waals surface area contributed by atoms with Crippen LogP contribution in [0.25, 0.3) is 0 Å². The number of carbonyl (C=O) groups is 1. The number of hydrogen-bond acceptors (Lipinski definition) is 5. The summed E-state index contributed by atoms with van der Waals surface area (Å²) < 4.78 is 12.2. The first-order valence-electron chi connectivity index (χ1n) is 14.5. The molecule has 0 aromatic heterocycles. The maximum Gasteiger partial charge on any atom is 0.334 e. The molecule has 0 unspecified atom stereocenters. The minimum Gasteiger partial charge on any atom is -0.450 e. The molecule has 202 valence electrons. The van der Waals surface area contributed by atoms with Gasteiger partial charge in [-0.25, -0.2) is 4.79 Å². The van der Waals surface area contributed by atoms with Crippen molar-refractivity contribution in [2.75, 3.05) is 6.54 Å². The van der Waals surface area contributed by atoms with Crippen LogP contribution in [0.2, 0.25) is 0 Å². The molecular weight excluding hydrogens is 462 g/mol. The van der Waals surface area contributed by atoms with E-state index in [9.17, 15) is 9.90 Å². The zero-order chi connectivity index (χ0) is 26.3. The number of rotatable bonds is 1. The van der Waals surface area contributed by atoms with E-state index in [-0.39, 0.29) is 35.6 Å². The van der Waals surface area contributed by atoms with E-state index in [4.69, 9.17) is 14.5 Å². The average molecular weight is 508 g/mol. The zero-order valence-electron chi connectivity index (χ0n) is 23.4. The van der Waals surface area contributed by atoms with Gasteiger partial charge >= 0.3 is 5.97 Å². The van der Waals surface area contributed by atoms with E-state index < -0.39 is 6.10 Å². The van der Waals surface area contributed by atoms with Crippen LogP contribution in [0.3, 0.4) is 0 Å². The van der Waals surface area contributed by atoms with Gasteiger partial charge in [0, 0.05) is 29.2 Å². The van der Waals surface area contributed by atoms with Crippen LogP contribution in [0.1, 0.15) is 92.4 Å². The molecule has 1 fully saturated rings. The van der Waals surface area contributed by atoms with E-state index in [0.717, 1.165) is 63.5 Å². The van der Waals surface area contributed by atoms with Gasteiger partial charge in [-0.1, -0.05) is 24.6 Å². The van der Waals surface area contributed by atoms with Crippen molar-refractivity contribution in [1.29, 1.82) is 0 Å². The molecule has 4 heterocycles. The largest absolute Gasteiger partial charge is 0.450 e. The fourth-order valence-corrected chi connectivity index (χ4v) is 7.70. The van der Waals surface area contributed by atoms with Gasteiger partial charge in [0.15, 0.2) is 0 Å². The van der Waals surface area contributed by atoms with Crippen molar-refractivity contribution in [2.45, 2.75) is 117 Å². The second-order valence-corrected chi connectivity index (χ2v) is 12.3. The highest BCUT2D eigenvalue weighted by Crippen LogP contribution is 2.53. The molecule has 0 aromatic carbocycles. The number of cyclic esters (lactones) is 1. The maximum atomic E-state index is 12.2. The molecule has 0 aromatic rings. The van der Waals surface area contributed by atoms with E-state index in [1.165, 1.54) is 22.4 Å². The van der Waals surface area contributed by atoms with Crippen LogP contribution in [-0.2, 0) is 14.3 Å². The molecule has 5 nitrogen and oxygen atoms in total. The second kappa shape index (κ2) is 10.6. The number of nitrogens with zero attached hydrogens (tertiary/aromatic N) is 1. The van der Waals surface area contributed by atoms with E-state index in [1.54, 1.807) is 0 Å². The van der Waals surface area contributed by atoms with Crippen molar-refractivity contribution in [2.24, 2.45) is 22.2 Å². The molecule has 5 aliphatic rings. The van der Waals surface area contributed by atoms with Gasteiger partial charge in [-0.05, 0) is 114 Å². The lowest BCUT2D eigenvalue weighted by molar-refractivity contribution is -0.138. The Bertz CT molecular complexity index is 1080. The van der Waals surface area contributed by atoms with E-state index in [0.29, 0.717) is 17.9 Å². The van der Waals surface area contributed by atoms with E-state index >= 15 is 0 Å². The highest BCUT2D eigenvalue weighted by atomic mass is 16.5. The third-order valence-corrected chi connectivity index (χ3v) is 9.87. The number of aliphatic hydroxyl groups is 1. The first kappa shape index (κ1) is 26.6. The van der Waals surface area contributed by atoms with Crippen LogP contribution >= 0.6 is 0 Å². The minimum absolute atomic E-state index is 0.0289. The molecule has 1 saturated heterocycles. The number of carbonyl (C=O) groups excluding carboxylic acids is 1. The summed E-state index contributed by atoms with van der Waals surface area (Å²) in [6.45, 7) is 11.6. The molecule has 0 amide bonds. The lowest BCUT2D eigenvalue weighted by Crippen LogP contribution is -2.44. The molecule has 2 bridgehead atoms. The Labute approximate surface area is 222 Å². The summed E-state index contributed by atoms with van der Waals surface area (Å²) in [5.74, 6) is 0.459. The molecule has 1 spiro atoms. The summed E-state index contributed by atoms with van der Waals surface area (Å²) in [6.07, 6.45) is 15.1. The third-order valence-electron chi connectivity index (χ3n) is 9.87. The Morgan fingerprint density at radius 3 is 2.62 bits per heavy atom. The lowest BCUT2D eigenvalue weighted by atomic mass is 9.57. The second-order valence-electron chi connectivity index (χ2n) is 12.3. The zero-order valence-corrected chi connectivity index (χ0v) is 23.4. The maximum absolute atomic E-state index is 12.2. The van der Waals surface area contributed by atoms with E-state index in [1.807, 2.05) is 13.0 Å². The van der Waals surface area contributed by atoms with Gasteiger partial charge in [0.2, 0.25) is 0 Å². The number of esters is 1. The normalized spacial score (nSPS) is 42.2. The smallest absolute Gasteiger partial charge is 0.334 e. The number of fused-ring (bicyclic) bond motifs is 2. The molecular formula is C32H45NO4. The van der Waals surface area contributed by atoms with Crippen molar-refractivity contribution in [3.8, 4) is 0 Å². The SMILES string of the molecule is CC1=C[C@@H](C2=C(C)[C@@H]3/C=C(\C)[C@@H](O)CC[C@H]4C[C@@H](C)[C@@H](O4)/C(C)=C/CCC4=NCCC[C@@]43CC2)OC1=O. The number of ether oxygens (including phenoxy) is 2. The Kier molecular flexibility index (Phi) is 7.66. The number of hydrogen-bond donors (Lipinski definition) is 1. The van der Waals surface area contributed by atoms with Crippen molar-refractivity contribution < 1.29 is 19.4 Å². The van der Waals surface area contributed by atoms with Crippen molar-refractivity contribution in [3.63, 3.8) is 0 Å². The Morgan fingerprint density at radius 1 is 1.05 bits per heavy atom. The van der Waals surface area contributed by atoms with Crippen molar-refractivity contribution in [1.82, 2.24) is 0 Å². The van der Waals surface area contributed by atoms with Gasteiger partial charge in [0.25, 0.3) is 0 Å². The van der Waals surface area contributed by atoms with Crippen LogP contribution in [0, 0.1) is 17.3 Å². The summed E-state index contributed by atoms with van der Waals surface area (Å²) in [4.78, 5) is 17.4. The Morgan fingerprint density at radius 2 is 1.86 bits per heavy atom. The average Bonchev–Trinajstić information content (AvgIpc) is 3.41. The molecule has 1 N–H and O–H groups in total. The first-order chi connectivity index (χ1) is 17.7. The van der Waals surface area contributed by atoms with Crippen LogP contribution in [0.5, 0.6) is 0 Å². The van der Waals surface area contributed by atoms with Gasteiger partial charge in [-0.3, -0.25) is 4.99 Å². The molecule has 0 saturated carbocycles. The summed E-state index contributed by atoms with van der Waals surface area (Å²) in [7, 11) is 0. The Balaban J connectivity index is 1.55. The summed E-state index contributed by atoms with van der Waals surface area (Å²) >= 11 is 0. The summed E-state index contributed by atoms with van der Waals surface area (Å²) in [6, 6.07) is 0. The predicted molar refractivity (Wildman–Crippen MR) is 147 cm³/mol. The number of allylic oxidation sites excluding steroid dienone is 3. The quantitative estimate of drug-likeness (QED) is 0.328. The molecule has 7 atom stereocenters. The molecule has 0 radical (unpaired) electrons.